The molecule has 0 bridgehead atoms. The van der Waals surface area contributed by atoms with Gasteiger partial charge in [-0.25, -0.2) is 0 Å². The predicted molar refractivity (Wildman–Crippen MR) is 86.8 cm³/mol. The van der Waals surface area contributed by atoms with Gasteiger partial charge in [0.2, 0.25) is 11.8 Å². The summed E-state index contributed by atoms with van der Waals surface area (Å²) in [6.45, 7) is 3.59. The summed E-state index contributed by atoms with van der Waals surface area (Å²) in [5.41, 5.74) is 0. The molecule has 2 aliphatic rings. The number of thiophene rings is 1. The van der Waals surface area contributed by atoms with Gasteiger partial charge in [-0.3, -0.25) is 9.59 Å². The van der Waals surface area contributed by atoms with Crippen molar-refractivity contribution in [1.82, 2.24) is 15.1 Å². The average Bonchev–Trinajstić information content (AvgIpc) is 3.06. The number of carbonyl (C=O) groups is 2. The Morgan fingerprint density at radius 3 is 3.09 bits per heavy atom. The van der Waals surface area contributed by atoms with Crippen molar-refractivity contribution in [2.24, 2.45) is 0 Å². The molecule has 0 spiro atoms. The summed E-state index contributed by atoms with van der Waals surface area (Å²) in [7, 11) is 0. The Morgan fingerprint density at radius 2 is 2.32 bits per heavy atom. The molecular weight excluding hydrogens is 298 g/mol. The van der Waals surface area contributed by atoms with Gasteiger partial charge in [0.15, 0.2) is 0 Å². The number of likely N-dealkylation sites (tertiary alicyclic amines) is 1. The minimum atomic E-state index is 0.170. The molecule has 2 saturated heterocycles. The van der Waals surface area contributed by atoms with Gasteiger partial charge in [0, 0.05) is 43.5 Å². The molecule has 6 heteroatoms. The molecule has 3 rings (SSSR count). The van der Waals surface area contributed by atoms with Gasteiger partial charge in [-0.2, -0.15) is 0 Å². The van der Waals surface area contributed by atoms with Crippen molar-refractivity contribution in [3.63, 3.8) is 0 Å². The smallest absolute Gasteiger partial charge is 0.236 e. The largest absolute Gasteiger partial charge is 0.341 e. The lowest BCUT2D eigenvalue weighted by Gasteiger charge is -2.41. The van der Waals surface area contributed by atoms with E-state index in [1.54, 1.807) is 11.3 Å². The topological polar surface area (TPSA) is 52.7 Å². The second kappa shape index (κ2) is 7.24. The van der Waals surface area contributed by atoms with Crippen LogP contribution < -0.4 is 5.32 Å². The quantitative estimate of drug-likeness (QED) is 0.904. The van der Waals surface area contributed by atoms with Gasteiger partial charge in [-0.1, -0.05) is 6.07 Å². The zero-order valence-corrected chi connectivity index (χ0v) is 13.6. The molecule has 22 heavy (non-hydrogen) atoms. The fraction of sp³-hybridized carbons (Fsp3) is 0.625. The number of hydrogen-bond donors (Lipinski definition) is 1. The standard InChI is InChI=1S/C16H23N3O2S/c20-15(6-5-14-4-2-10-22-14)18-8-1-3-13(12-18)19-9-7-17-11-16(19)21/h2,4,10,13,17H,1,3,5-9,11-12H2. The first-order valence-corrected chi connectivity index (χ1v) is 8.92. The van der Waals surface area contributed by atoms with Crippen LogP contribution in [0.15, 0.2) is 17.5 Å². The van der Waals surface area contributed by atoms with E-state index in [9.17, 15) is 9.59 Å². The fourth-order valence-corrected chi connectivity index (χ4v) is 3.99. The molecule has 3 heterocycles. The van der Waals surface area contributed by atoms with Crippen molar-refractivity contribution in [1.29, 1.82) is 0 Å². The molecule has 1 N–H and O–H groups in total. The Bertz CT molecular complexity index is 517. The van der Waals surface area contributed by atoms with Crippen molar-refractivity contribution in [2.45, 2.75) is 31.7 Å². The zero-order chi connectivity index (χ0) is 15.4. The van der Waals surface area contributed by atoms with Crippen LogP contribution in [0.2, 0.25) is 0 Å². The number of rotatable bonds is 4. The predicted octanol–water partition coefficient (Wildman–Crippen LogP) is 1.10. The first-order valence-electron chi connectivity index (χ1n) is 8.04. The van der Waals surface area contributed by atoms with E-state index in [0.29, 0.717) is 19.5 Å². The Morgan fingerprint density at radius 1 is 1.41 bits per heavy atom. The van der Waals surface area contributed by atoms with Crippen LogP contribution in [0.5, 0.6) is 0 Å². The molecule has 1 aromatic heterocycles. The number of nitrogens with one attached hydrogen (secondary N) is 1. The first kappa shape index (κ1) is 15.5. The number of nitrogens with zero attached hydrogens (tertiary/aromatic N) is 2. The van der Waals surface area contributed by atoms with Gasteiger partial charge in [0.25, 0.3) is 0 Å². The molecule has 1 unspecified atom stereocenters. The monoisotopic (exact) mass is 321 g/mol. The third-order valence-corrected chi connectivity index (χ3v) is 5.42. The minimum absolute atomic E-state index is 0.170. The Labute approximate surface area is 135 Å². The highest BCUT2D eigenvalue weighted by molar-refractivity contribution is 7.09. The average molecular weight is 321 g/mol. The normalized spacial score (nSPS) is 22.9. The highest BCUT2D eigenvalue weighted by atomic mass is 32.1. The second-order valence-corrected chi connectivity index (χ2v) is 7.01. The molecule has 1 atom stereocenters. The summed E-state index contributed by atoms with van der Waals surface area (Å²) >= 11 is 1.70. The van der Waals surface area contributed by atoms with Crippen molar-refractivity contribution in [3.8, 4) is 0 Å². The molecule has 1 aromatic rings. The van der Waals surface area contributed by atoms with Gasteiger partial charge in [-0.15, -0.1) is 11.3 Å². The van der Waals surface area contributed by atoms with Crippen LogP contribution in [0.3, 0.4) is 0 Å². The van der Waals surface area contributed by atoms with E-state index in [0.717, 1.165) is 38.9 Å². The maximum Gasteiger partial charge on any atom is 0.236 e. The van der Waals surface area contributed by atoms with E-state index in [2.05, 4.69) is 11.4 Å². The molecule has 0 radical (unpaired) electrons. The first-order chi connectivity index (χ1) is 10.7. The maximum absolute atomic E-state index is 12.4. The van der Waals surface area contributed by atoms with Gasteiger partial charge < -0.3 is 15.1 Å². The van der Waals surface area contributed by atoms with Gasteiger partial charge >= 0.3 is 0 Å². The third-order valence-electron chi connectivity index (χ3n) is 4.48. The highest BCUT2D eigenvalue weighted by Crippen LogP contribution is 2.19. The summed E-state index contributed by atoms with van der Waals surface area (Å²) in [4.78, 5) is 29.6. The molecule has 2 aliphatic heterocycles. The van der Waals surface area contributed by atoms with Gasteiger partial charge in [0.05, 0.1) is 6.54 Å². The molecule has 0 aromatic carbocycles. The number of piperidine rings is 1. The van der Waals surface area contributed by atoms with Crippen LogP contribution in [-0.4, -0.2) is 60.4 Å². The van der Waals surface area contributed by atoms with E-state index >= 15 is 0 Å². The molecule has 120 valence electrons. The van der Waals surface area contributed by atoms with Crippen LogP contribution in [0, 0.1) is 0 Å². The molecule has 0 saturated carbocycles. The van der Waals surface area contributed by atoms with E-state index in [1.807, 2.05) is 21.2 Å². The van der Waals surface area contributed by atoms with E-state index in [-0.39, 0.29) is 17.9 Å². The van der Waals surface area contributed by atoms with Crippen molar-refractivity contribution >= 4 is 23.2 Å². The Balaban J connectivity index is 1.53. The molecule has 2 fully saturated rings. The van der Waals surface area contributed by atoms with Crippen molar-refractivity contribution in [2.75, 3.05) is 32.7 Å². The van der Waals surface area contributed by atoms with E-state index < -0.39 is 0 Å². The van der Waals surface area contributed by atoms with E-state index in [1.165, 1.54) is 4.88 Å². The van der Waals surface area contributed by atoms with Crippen LogP contribution >= 0.6 is 11.3 Å². The molecule has 0 aliphatic carbocycles. The SMILES string of the molecule is O=C(CCc1cccs1)N1CCCC(N2CCNCC2=O)C1. The lowest BCUT2D eigenvalue weighted by Crippen LogP contribution is -2.57. The number of amides is 2. The second-order valence-electron chi connectivity index (χ2n) is 5.98. The maximum atomic E-state index is 12.4. The van der Waals surface area contributed by atoms with Crippen LogP contribution in [0.4, 0.5) is 0 Å². The lowest BCUT2D eigenvalue weighted by molar-refractivity contribution is -0.140. The fourth-order valence-electron chi connectivity index (χ4n) is 3.29. The number of piperazine rings is 1. The van der Waals surface area contributed by atoms with Gasteiger partial charge in [0.1, 0.15) is 0 Å². The Kier molecular flexibility index (Phi) is 5.10. The van der Waals surface area contributed by atoms with Gasteiger partial charge in [-0.05, 0) is 30.7 Å². The Hall–Kier alpha value is -1.40. The van der Waals surface area contributed by atoms with Crippen LogP contribution in [0.25, 0.3) is 0 Å². The number of aryl methyl sites for hydroxylation is 1. The zero-order valence-electron chi connectivity index (χ0n) is 12.8. The highest BCUT2D eigenvalue weighted by Gasteiger charge is 2.31. The van der Waals surface area contributed by atoms with Crippen molar-refractivity contribution in [3.05, 3.63) is 22.4 Å². The minimum Gasteiger partial charge on any atom is -0.341 e. The molecule has 5 nitrogen and oxygen atoms in total. The summed E-state index contributed by atoms with van der Waals surface area (Å²) in [5.74, 6) is 0.393. The van der Waals surface area contributed by atoms with Crippen molar-refractivity contribution < 1.29 is 9.59 Å². The number of carbonyl (C=O) groups excluding carboxylic acids is 2. The number of hydrogen-bond acceptors (Lipinski definition) is 4. The van der Waals surface area contributed by atoms with Crippen LogP contribution in [-0.2, 0) is 16.0 Å². The molecular formula is C16H23N3O2S. The van der Waals surface area contributed by atoms with Crippen LogP contribution in [0.1, 0.15) is 24.1 Å². The summed E-state index contributed by atoms with van der Waals surface area (Å²) in [5, 5.41) is 5.15. The lowest BCUT2D eigenvalue weighted by atomic mass is 10.0. The summed E-state index contributed by atoms with van der Waals surface area (Å²) < 4.78 is 0. The third kappa shape index (κ3) is 3.67. The van der Waals surface area contributed by atoms with E-state index in [4.69, 9.17) is 0 Å². The summed E-state index contributed by atoms with van der Waals surface area (Å²) in [6, 6.07) is 4.31. The molecule has 2 amide bonds. The summed E-state index contributed by atoms with van der Waals surface area (Å²) in [6.07, 6.45) is 3.40.